The SMILES string of the molecule is CC.CC.CCC.CCn1c2ccccc2c2ccc3c(c21)-c1ccccc1C3. The Hall–Kier alpha value is -2.54. The predicted octanol–water partition coefficient (Wildman–Crippen LogP) is 8.85. The Bertz CT molecular complexity index is 1050. The molecule has 1 heteroatoms. The summed E-state index contributed by atoms with van der Waals surface area (Å²) < 4.78 is 2.48. The molecule has 0 unspecified atom stereocenters. The van der Waals surface area contributed by atoms with Crippen molar-refractivity contribution in [2.45, 2.75) is 67.9 Å². The smallest absolute Gasteiger partial charge is 0.0573 e. The Morgan fingerprint density at radius 2 is 1.31 bits per heavy atom. The van der Waals surface area contributed by atoms with E-state index in [0.717, 1.165) is 13.0 Å². The lowest BCUT2D eigenvalue weighted by Crippen LogP contribution is -1.95. The third-order valence-corrected chi connectivity index (χ3v) is 5.00. The zero-order valence-corrected chi connectivity index (χ0v) is 19.3. The first kappa shape index (κ1) is 22.7. The van der Waals surface area contributed by atoms with Crippen LogP contribution in [0.3, 0.4) is 0 Å². The quantitative estimate of drug-likeness (QED) is 0.271. The van der Waals surface area contributed by atoms with Crippen molar-refractivity contribution in [3.63, 3.8) is 0 Å². The average Bonchev–Trinajstić information content (AvgIpc) is 3.32. The van der Waals surface area contributed by atoms with Gasteiger partial charge in [0.05, 0.1) is 5.52 Å². The van der Waals surface area contributed by atoms with Gasteiger partial charge in [-0.1, -0.05) is 103 Å². The van der Waals surface area contributed by atoms with Gasteiger partial charge in [0.2, 0.25) is 0 Å². The second-order valence-electron chi connectivity index (χ2n) is 6.80. The van der Waals surface area contributed by atoms with Gasteiger partial charge in [0.1, 0.15) is 0 Å². The summed E-state index contributed by atoms with van der Waals surface area (Å²) in [6.45, 7) is 15.5. The molecule has 3 aromatic carbocycles. The summed E-state index contributed by atoms with van der Waals surface area (Å²) >= 11 is 0. The maximum Gasteiger partial charge on any atom is 0.0573 e. The number of nitrogens with zero attached hydrogens (tertiary/aromatic N) is 1. The van der Waals surface area contributed by atoms with E-state index in [1.807, 2.05) is 27.7 Å². The molecule has 0 saturated carbocycles. The third kappa shape index (κ3) is 4.10. The van der Waals surface area contributed by atoms with Crippen molar-refractivity contribution in [3.05, 3.63) is 71.8 Å². The minimum atomic E-state index is 1.00. The van der Waals surface area contributed by atoms with Gasteiger partial charge < -0.3 is 4.57 Å². The molecule has 0 aliphatic heterocycles. The molecular weight excluding hydrogens is 350 g/mol. The van der Waals surface area contributed by atoms with E-state index in [4.69, 9.17) is 0 Å². The monoisotopic (exact) mass is 387 g/mol. The van der Waals surface area contributed by atoms with E-state index >= 15 is 0 Å². The number of para-hydroxylation sites is 1. The van der Waals surface area contributed by atoms with Gasteiger partial charge in [-0.05, 0) is 36.1 Å². The van der Waals surface area contributed by atoms with Crippen molar-refractivity contribution >= 4 is 21.8 Å². The van der Waals surface area contributed by atoms with Gasteiger partial charge in [-0.25, -0.2) is 0 Å². The van der Waals surface area contributed by atoms with Crippen molar-refractivity contribution in [3.8, 4) is 11.1 Å². The zero-order valence-electron chi connectivity index (χ0n) is 19.3. The van der Waals surface area contributed by atoms with Crippen molar-refractivity contribution in [2.75, 3.05) is 0 Å². The van der Waals surface area contributed by atoms with Gasteiger partial charge in [-0.15, -0.1) is 0 Å². The highest BCUT2D eigenvalue weighted by molar-refractivity contribution is 6.14. The number of fused-ring (bicyclic) bond motifs is 7. The van der Waals surface area contributed by atoms with Gasteiger partial charge in [0.15, 0.2) is 0 Å². The molecular formula is C28H37N. The molecule has 29 heavy (non-hydrogen) atoms. The van der Waals surface area contributed by atoms with Crippen molar-refractivity contribution in [2.24, 2.45) is 0 Å². The molecule has 0 spiro atoms. The summed E-state index contributed by atoms with van der Waals surface area (Å²) in [6.07, 6.45) is 2.31. The summed E-state index contributed by atoms with van der Waals surface area (Å²) in [6, 6.07) is 22.3. The lowest BCUT2D eigenvalue weighted by molar-refractivity contribution is 0.827. The molecule has 154 valence electrons. The lowest BCUT2D eigenvalue weighted by atomic mass is 10.0. The van der Waals surface area contributed by atoms with E-state index in [-0.39, 0.29) is 0 Å². The normalized spacial score (nSPS) is 10.7. The number of rotatable bonds is 1. The molecule has 0 N–H and O–H groups in total. The van der Waals surface area contributed by atoms with E-state index in [0.29, 0.717) is 0 Å². The zero-order chi connectivity index (χ0) is 21.4. The first-order chi connectivity index (χ1) is 14.3. The van der Waals surface area contributed by atoms with Crippen LogP contribution in [0.4, 0.5) is 0 Å². The molecule has 0 fully saturated rings. The molecule has 1 aliphatic rings. The number of aromatic nitrogens is 1. The van der Waals surface area contributed by atoms with Crippen LogP contribution in [-0.2, 0) is 13.0 Å². The Morgan fingerprint density at radius 1 is 0.690 bits per heavy atom. The first-order valence-electron chi connectivity index (χ1n) is 11.4. The second-order valence-corrected chi connectivity index (χ2v) is 6.80. The van der Waals surface area contributed by atoms with Crippen LogP contribution in [0, 0.1) is 0 Å². The lowest BCUT2D eigenvalue weighted by Gasteiger charge is -2.09. The van der Waals surface area contributed by atoms with Crippen LogP contribution in [0.1, 0.15) is 66.0 Å². The number of hydrogen-bond donors (Lipinski definition) is 0. The maximum absolute atomic E-state index is 2.48. The van der Waals surface area contributed by atoms with Crippen LogP contribution >= 0.6 is 0 Å². The van der Waals surface area contributed by atoms with Gasteiger partial charge in [-0.3, -0.25) is 0 Å². The minimum absolute atomic E-state index is 1.00. The Balaban J connectivity index is 0.000000387. The summed E-state index contributed by atoms with van der Waals surface area (Å²) in [5.74, 6) is 0. The third-order valence-electron chi connectivity index (χ3n) is 5.00. The Kier molecular flexibility index (Phi) is 8.51. The van der Waals surface area contributed by atoms with Crippen LogP contribution in [-0.4, -0.2) is 4.57 Å². The molecule has 5 rings (SSSR count). The van der Waals surface area contributed by atoms with Gasteiger partial charge >= 0.3 is 0 Å². The highest BCUT2D eigenvalue weighted by atomic mass is 15.0. The molecule has 1 nitrogen and oxygen atoms in total. The van der Waals surface area contributed by atoms with E-state index in [9.17, 15) is 0 Å². The van der Waals surface area contributed by atoms with Crippen molar-refractivity contribution in [1.82, 2.24) is 4.57 Å². The molecule has 0 atom stereocenters. The number of aryl methyl sites for hydroxylation is 1. The standard InChI is InChI=1S/C21H17N.C3H8.2C2H6/c1-2-22-19-10-6-5-9-17(19)18-12-11-15-13-14-7-3-4-8-16(14)20(15)21(18)22;1-3-2;2*1-2/h3-12H,2,13H2,1H3;3H2,1-2H3;2*1-2H3. The predicted molar refractivity (Wildman–Crippen MR) is 132 cm³/mol. The van der Waals surface area contributed by atoms with Crippen LogP contribution in [0.5, 0.6) is 0 Å². The van der Waals surface area contributed by atoms with E-state index in [2.05, 4.69) is 86.0 Å². The summed E-state index contributed by atoms with van der Waals surface area (Å²) in [4.78, 5) is 0. The summed E-state index contributed by atoms with van der Waals surface area (Å²) in [7, 11) is 0. The fourth-order valence-electron chi connectivity index (χ4n) is 4.09. The van der Waals surface area contributed by atoms with E-state index in [1.54, 1.807) is 0 Å². The van der Waals surface area contributed by atoms with E-state index in [1.165, 1.54) is 50.5 Å². The van der Waals surface area contributed by atoms with Crippen LogP contribution in [0.15, 0.2) is 60.7 Å². The first-order valence-corrected chi connectivity index (χ1v) is 11.4. The molecule has 1 aromatic heterocycles. The molecule has 1 aliphatic carbocycles. The Labute approximate surface area is 177 Å². The molecule has 4 aromatic rings. The highest BCUT2D eigenvalue weighted by Crippen LogP contribution is 2.44. The summed E-state index contributed by atoms with van der Waals surface area (Å²) in [5, 5.41) is 2.75. The van der Waals surface area contributed by atoms with Gasteiger partial charge in [0, 0.05) is 28.4 Å². The Morgan fingerprint density at radius 3 is 2.00 bits per heavy atom. The number of hydrogen-bond acceptors (Lipinski definition) is 0. The van der Waals surface area contributed by atoms with Crippen molar-refractivity contribution < 1.29 is 0 Å². The minimum Gasteiger partial charge on any atom is -0.340 e. The van der Waals surface area contributed by atoms with Gasteiger partial charge in [0.25, 0.3) is 0 Å². The summed E-state index contributed by atoms with van der Waals surface area (Å²) in [5.41, 5.74) is 8.54. The van der Waals surface area contributed by atoms with Crippen LogP contribution in [0.25, 0.3) is 32.9 Å². The molecule has 0 radical (unpaired) electrons. The van der Waals surface area contributed by atoms with Crippen molar-refractivity contribution in [1.29, 1.82) is 0 Å². The fraction of sp³-hybridized carbons (Fsp3) is 0.357. The molecule has 1 heterocycles. The number of benzene rings is 3. The maximum atomic E-state index is 2.48. The molecule has 0 saturated heterocycles. The largest absolute Gasteiger partial charge is 0.340 e. The average molecular weight is 388 g/mol. The van der Waals surface area contributed by atoms with Crippen LogP contribution < -0.4 is 0 Å². The second kappa shape index (κ2) is 10.9. The topological polar surface area (TPSA) is 4.93 Å². The van der Waals surface area contributed by atoms with Crippen LogP contribution in [0.2, 0.25) is 0 Å². The highest BCUT2D eigenvalue weighted by Gasteiger charge is 2.23. The van der Waals surface area contributed by atoms with E-state index < -0.39 is 0 Å². The fourth-order valence-corrected chi connectivity index (χ4v) is 4.09. The molecule has 0 bridgehead atoms. The van der Waals surface area contributed by atoms with Gasteiger partial charge in [-0.2, -0.15) is 0 Å². The molecule has 0 amide bonds.